The Kier molecular flexibility index (Phi) is 6.70. The maximum Gasteiger partial charge on any atom is 0.317 e. The zero-order valence-corrected chi connectivity index (χ0v) is 15.5. The van der Waals surface area contributed by atoms with Crippen molar-refractivity contribution in [1.29, 1.82) is 0 Å². The molecule has 1 N–H and O–H groups in total. The molecule has 0 bridgehead atoms. The normalized spacial score (nSPS) is 13.7. The smallest absolute Gasteiger partial charge is 0.317 e. The molecule has 4 heteroatoms. The molecule has 2 atom stereocenters. The summed E-state index contributed by atoms with van der Waals surface area (Å²) >= 11 is 0. The van der Waals surface area contributed by atoms with Gasteiger partial charge in [-0.25, -0.2) is 0 Å². The van der Waals surface area contributed by atoms with E-state index in [9.17, 15) is 14.7 Å². The average Bonchev–Trinajstić information content (AvgIpc) is 2.59. The van der Waals surface area contributed by atoms with Crippen LogP contribution in [0.25, 0.3) is 0 Å². The van der Waals surface area contributed by atoms with Gasteiger partial charge in [0.2, 0.25) is 0 Å². The third kappa shape index (κ3) is 6.12. The average molecular weight is 354 g/mol. The highest BCUT2D eigenvalue weighted by molar-refractivity contribution is 6.01. The third-order valence-electron chi connectivity index (χ3n) is 3.92. The van der Waals surface area contributed by atoms with E-state index in [1.807, 2.05) is 60.7 Å². The molecule has 0 radical (unpaired) electrons. The number of rotatable bonds is 7. The van der Waals surface area contributed by atoms with Gasteiger partial charge in [0, 0.05) is 6.42 Å². The van der Waals surface area contributed by atoms with E-state index in [-0.39, 0.29) is 12.8 Å². The van der Waals surface area contributed by atoms with E-state index in [2.05, 4.69) is 0 Å². The molecular weight excluding hydrogens is 328 g/mol. The van der Waals surface area contributed by atoms with Crippen LogP contribution in [0.1, 0.15) is 31.9 Å². The van der Waals surface area contributed by atoms with E-state index in [0.29, 0.717) is 0 Å². The van der Waals surface area contributed by atoms with Crippen molar-refractivity contribution in [3.05, 3.63) is 71.8 Å². The molecule has 0 aliphatic rings. The minimum atomic E-state index is -1.25. The Hall–Kier alpha value is -2.46. The van der Waals surface area contributed by atoms with Crippen LogP contribution in [0, 0.1) is 5.92 Å². The Morgan fingerprint density at radius 1 is 0.885 bits per heavy atom. The summed E-state index contributed by atoms with van der Waals surface area (Å²) in [5.74, 6) is -2.14. The number of carbonyl (C=O) groups is 2. The topological polar surface area (TPSA) is 63.6 Å². The van der Waals surface area contributed by atoms with Crippen LogP contribution in [-0.2, 0) is 27.2 Å². The number of aliphatic hydroxyl groups is 1. The standard InChI is InChI=1S/C22H26O4/c1-22(2,3)26-21(25)18(14-16-10-6-4-7-11-16)20(24)19(23)15-17-12-8-5-9-13-17/h4-13,18-19,23H,14-15H2,1-3H3/t18-,19+/m0/s1. The SMILES string of the molecule is CC(C)(C)OC(=O)[C@@H](Cc1ccccc1)C(=O)[C@H](O)Cc1ccccc1. The van der Waals surface area contributed by atoms with E-state index in [1.165, 1.54) is 0 Å². The predicted octanol–water partition coefficient (Wildman–Crippen LogP) is 3.36. The van der Waals surface area contributed by atoms with Crippen molar-refractivity contribution < 1.29 is 19.4 Å². The molecule has 0 aromatic heterocycles. The number of benzene rings is 2. The van der Waals surface area contributed by atoms with Gasteiger partial charge in [0.15, 0.2) is 5.78 Å². The fraction of sp³-hybridized carbons (Fsp3) is 0.364. The Bertz CT molecular complexity index is 717. The van der Waals surface area contributed by atoms with Gasteiger partial charge < -0.3 is 9.84 Å². The van der Waals surface area contributed by atoms with Gasteiger partial charge in [0.25, 0.3) is 0 Å². The number of hydrogen-bond donors (Lipinski definition) is 1. The Morgan fingerprint density at radius 3 is 1.81 bits per heavy atom. The predicted molar refractivity (Wildman–Crippen MR) is 101 cm³/mol. The molecule has 26 heavy (non-hydrogen) atoms. The van der Waals surface area contributed by atoms with Crippen molar-refractivity contribution >= 4 is 11.8 Å². The largest absolute Gasteiger partial charge is 0.459 e. The second-order valence-electron chi connectivity index (χ2n) is 7.38. The first-order valence-electron chi connectivity index (χ1n) is 8.79. The molecule has 138 valence electrons. The third-order valence-corrected chi connectivity index (χ3v) is 3.92. The van der Waals surface area contributed by atoms with E-state index in [4.69, 9.17) is 4.74 Å². The van der Waals surface area contributed by atoms with Gasteiger partial charge in [-0.15, -0.1) is 0 Å². The first kappa shape index (κ1) is 19.9. The lowest BCUT2D eigenvalue weighted by Crippen LogP contribution is -2.39. The Balaban J connectivity index is 2.18. The maximum absolute atomic E-state index is 12.8. The zero-order valence-electron chi connectivity index (χ0n) is 15.5. The highest BCUT2D eigenvalue weighted by Gasteiger charge is 2.34. The monoisotopic (exact) mass is 354 g/mol. The second-order valence-corrected chi connectivity index (χ2v) is 7.38. The molecular formula is C22H26O4. The van der Waals surface area contributed by atoms with Crippen molar-refractivity contribution in [1.82, 2.24) is 0 Å². The lowest BCUT2D eigenvalue weighted by molar-refractivity contribution is -0.163. The zero-order chi connectivity index (χ0) is 19.2. The number of ether oxygens (including phenoxy) is 1. The summed E-state index contributed by atoms with van der Waals surface area (Å²) in [6.45, 7) is 5.28. The summed E-state index contributed by atoms with van der Waals surface area (Å²) in [6, 6.07) is 18.5. The first-order chi connectivity index (χ1) is 12.3. The van der Waals surface area contributed by atoms with E-state index < -0.39 is 29.4 Å². The minimum absolute atomic E-state index is 0.174. The van der Waals surface area contributed by atoms with Crippen LogP contribution < -0.4 is 0 Å². The van der Waals surface area contributed by atoms with Crippen LogP contribution in [0.2, 0.25) is 0 Å². The van der Waals surface area contributed by atoms with Crippen molar-refractivity contribution in [3.63, 3.8) is 0 Å². The lowest BCUT2D eigenvalue weighted by atomic mass is 9.90. The van der Waals surface area contributed by atoms with Crippen LogP contribution in [0.3, 0.4) is 0 Å². The molecule has 2 aromatic carbocycles. The highest BCUT2D eigenvalue weighted by Crippen LogP contribution is 2.19. The van der Waals surface area contributed by atoms with Gasteiger partial charge in [-0.1, -0.05) is 60.7 Å². The molecule has 0 unspecified atom stereocenters. The van der Waals surface area contributed by atoms with Crippen LogP contribution in [-0.4, -0.2) is 28.6 Å². The van der Waals surface area contributed by atoms with Crippen molar-refractivity contribution in [2.45, 2.75) is 45.3 Å². The molecule has 2 rings (SSSR count). The van der Waals surface area contributed by atoms with Crippen molar-refractivity contribution in [2.24, 2.45) is 5.92 Å². The Morgan fingerprint density at radius 2 is 1.35 bits per heavy atom. The lowest BCUT2D eigenvalue weighted by Gasteiger charge is -2.24. The van der Waals surface area contributed by atoms with Gasteiger partial charge in [0.1, 0.15) is 17.6 Å². The fourth-order valence-corrected chi connectivity index (χ4v) is 2.69. The van der Waals surface area contributed by atoms with Gasteiger partial charge in [-0.2, -0.15) is 0 Å². The molecule has 0 spiro atoms. The summed E-state index contributed by atoms with van der Waals surface area (Å²) in [7, 11) is 0. The summed E-state index contributed by atoms with van der Waals surface area (Å²) in [6.07, 6.45) is -0.868. The number of Topliss-reactive ketones (excluding diaryl/α,β-unsaturated/α-hetero) is 1. The maximum atomic E-state index is 12.8. The summed E-state index contributed by atoms with van der Waals surface area (Å²) in [4.78, 5) is 25.4. The number of hydrogen-bond acceptors (Lipinski definition) is 4. The summed E-state index contributed by atoms with van der Waals surface area (Å²) < 4.78 is 5.42. The summed E-state index contributed by atoms with van der Waals surface area (Å²) in [5, 5.41) is 10.4. The van der Waals surface area contributed by atoms with E-state index >= 15 is 0 Å². The van der Waals surface area contributed by atoms with Crippen molar-refractivity contribution in [3.8, 4) is 0 Å². The molecule has 0 aliphatic carbocycles. The molecule has 2 aromatic rings. The first-order valence-corrected chi connectivity index (χ1v) is 8.79. The number of aliphatic hydroxyl groups excluding tert-OH is 1. The van der Waals surface area contributed by atoms with Gasteiger partial charge in [-0.3, -0.25) is 9.59 Å². The molecule has 4 nitrogen and oxygen atoms in total. The minimum Gasteiger partial charge on any atom is -0.459 e. The Labute approximate surface area is 154 Å². The fourth-order valence-electron chi connectivity index (χ4n) is 2.69. The summed E-state index contributed by atoms with van der Waals surface area (Å²) in [5.41, 5.74) is 0.996. The van der Waals surface area contributed by atoms with Crippen LogP contribution in [0.15, 0.2) is 60.7 Å². The van der Waals surface area contributed by atoms with E-state index in [1.54, 1.807) is 20.8 Å². The highest BCUT2D eigenvalue weighted by atomic mass is 16.6. The number of carbonyl (C=O) groups excluding carboxylic acids is 2. The van der Waals surface area contributed by atoms with Gasteiger partial charge in [0.05, 0.1) is 0 Å². The molecule has 0 fully saturated rings. The van der Waals surface area contributed by atoms with Gasteiger partial charge in [-0.05, 0) is 38.3 Å². The number of esters is 1. The molecule has 0 heterocycles. The van der Waals surface area contributed by atoms with Crippen LogP contribution in [0.4, 0.5) is 0 Å². The van der Waals surface area contributed by atoms with Crippen LogP contribution in [0.5, 0.6) is 0 Å². The second kappa shape index (κ2) is 8.77. The van der Waals surface area contributed by atoms with Crippen LogP contribution >= 0.6 is 0 Å². The molecule has 0 saturated heterocycles. The number of ketones is 1. The molecule has 0 saturated carbocycles. The van der Waals surface area contributed by atoms with Crippen molar-refractivity contribution in [2.75, 3.05) is 0 Å². The molecule has 0 amide bonds. The van der Waals surface area contributed by atoms with E-state index in [0.717, 1.165) is 11.1 Å². The quantitative estimate of drug-likeness (QED) is 0.612. The molecule has 0 aliphatic heterocycles. The van der Waals surface area contributed by atoms with Gasteiger partial charge >= 0.3 is 5.97 Å².